The molecule has 2 rings (SSSR count). The van der Waals surface area contributed by atoms with Gasteiger partial charge in [-0.15, -0.1) is 0 Å². The second-order valence-corrected chi connectivity index (χ2v) is 4.40. The fourth-order valence-corrected chi connectivity index (χ4v) is 1.96. The largest absolute Gasteiger partial charge is 0.335 e. The highest BCUT2D eigenvalue weighted by Crippen LogP contribution is 2.10. The average molecular weight is 246 g/mol. The molecule has 0 radical (unpaired) electrons. The third-order valence-corrected chi connectivity index (χ3v) is 3.12. The number of aromatic nitrogens is 4. The molecule has 0 unspecified atom stereocenters. The van der Waals surface area contributed by atoms with Gasteiger partial charge in [-0.3, -0.25) is 9.48 Å². The normalized spacial score (nSPS) is 10.8. The van der Waals surface area contributed by atoms with E-state index in [-0.39, 0.29) is 5.78 Å². The molecular weight excluding hydrogens is 228 g/mol. The summed E-state index contributed by atoms with van der Waals surface area (Å²) in [4.78, 5) is 16.4. The van der Waals surface area contributed by atoms with Crippen molar-refractivity contribution in [3.8, 4) is 0 Å². The zero-order valence-corrected chi connectivity index (χ0v) is 11.1. The molecule has 5 heteroatoms. The Morgan fingerprint density at radius 2 is 2.22 bits per heavy atom. The molecule has 0 bridgehead atoms. The fourth-order valence-electron chi connectivity index (χ4n) is 1.96. The Morgan fingerprint density at radius 1 is 1.44 bits per heavy atom. The zero-order valence-electron chi connectivity index (χ0n) is 11.1. The van der Waals surface area contributed by atoms with Gasteiger partial charge in [-0.2, -0.15) is 5.10 Å². The molecule has 0 spiro atoms. The van der Waals surface area contributed by atoms with Crippen LogP contribution >= 0.6 is 0 Å². The van der Waals surface area contributed by atoms with Crippen molar-refractivity contribution in [3.05, 3.63) is 35.7 Å². The third-order valence-electron chi connectivity index (χ3n) is 3.12. The number of aryl methyl sites for hydroxylation is 2. The highest BCUT2D eigenvalue weighted by molar-refractivity contribution is 5.97. The number of rotatable bonds is 5. The van der Waals surface area contributed by atoms with Gasteiger partial charge >= 0.3 is 0 Å². The predicted octanol–water partition coefficient (Wildman–Crippen LogP) is 1.76. The van der Waals surface area contributed by atoms with Crippen LogP contribution in [0.25, 0.3) is 0 Å². The van der Waals surface area contributed by atoms with E-state index in [1.165, 1.54) is 0 Å². The van der Waals surface area contributed by atoms with Crippen LogP contribution in [0.1, 0.15) is 35.2 Å². The minimum absolute atomic E-state index is 0.0733. The molecule has 0 aromatic carbocycles. The maximum atomic E-state index is 12.2. The molecule has 0 aliphatic heterocycles. The van der Waals surface area contributed by atoms with Crippen LogP contribution in [-0.2, 0) is 20.0 Å². The van der Waals surface area contributed by atoms with Crippen molar-refractivity contribution in [1.29, 1.82) is 0 Å². The van der Waals surface area contributed by atoms with Crippen LogP contribution in [0.15, 0.2) is 18.6 Å². The fraction of sp³-hybridized carbons (Fsp3) is 0.462. The van der Waals surface area contributed by atoms with Crippen molar-refractivity contribution >= 4 is 5.78 Å². The van der Waals surface area contributed by atoms with Crippen molar-refractivity contribution in [2.24, 2.45) is 7.05 Å². The van der Waals surface area contributed by atoms with Crippen molar-refractivity contribution in [2.75, 3.05) is 0 Å². The first-order chi connectivity index (χ1) is 8.63. The first kappa shape index (κ1) is 12.5. The van der Waals surface area contributed by atoms with E-state index in [0.29, 0.717) is 12.0 Å². The van der Waals surface area contributed by atoms with E-state index in [9.17, 15) is 4.79 Å². The molecule has 0 N–H and O–H groups in total. The first-order valence-corrected chi connectivity index (χ1v) is 6.15. The summed E-state index contributed by atoms with van der Waals surface area (Å²) in [6.07, 6.45) is 6.66. The molecule has 0 saturated carbocycles. The maximum absolute atomic E-state index is 12.2. The van der Waals surface area contributed by atoms with Gasteiger partial charge in [-0.1, -0.05) is 6.92 Å². The molecule has 2 heterocycles. The minimum Gasteiger partial charge on any atom is -0.335 e. The number of carbonyl (C=O) groups is 1. The standard InChI is InChI=1S/C13H18N4O/c1-4-6-17-7-5-14-13(17)8-12(18)11-9-15-16(3)10(11)2/h5,7,9H,4,6,8H2,1-3H3. The van der Waals surface area contributed by atoms with E-state index in [1.54, 1.807) is 17.1 Å². The van der Waals surface area contributed by atoms with Crippen molar-refractivity contribution < 1.29 is 4.79 Å². The van der Waals surface area contributed by atoms with E-state index in [0.717, 1.165) is 24.5 Å². The quantitative estimate of drug-likeness (QED) is 0.755. The molecule has 0 aliphatic carbocycles. The summed E-state index contributed by atoms with van der Waals surface area (Å²) in [6, 6.07) is 0. The smallest absolute Gasteiger partial charge is 0.173 e. The summed E-state index contributed by atoms with van der Waals surface area (Å²) in [5.74, 6) is 0.897. The van der Waals surface area contributed by atoms with Gasteiger partial charge < -0.3 is 4.57 Å². The van der Waals surface area contributed by atoms with E-state index in [1.807, 2.05) is 24.7 Å². The molecule has 0 atom stereocenters. The molecule has 2 aromatic rings. The van der Waals surface area contributed by atoms with Crippen LogP contribution in [0.2, 0.25) is 0 Å². The van der Waals surface area contributed by atoms with Crippen molar-refractivity contribution in [3.63, 3.8) is 0 Å². The van der Waals surface area contributed by atoms with E-state index in [2.05, 4.69) is 17.0 Å². The Balaban J connectivity index is 2.16. The van der Waals surface area contributed by atoms with Gasteiger partial charge in [0, 0.05) is 31.7 Å². The van der Waals surface area contributed by atoms with E-state index < -0.39 is 0 Å². The highest BCUT2D eigenvalue weighted by Gasteiger charge is 2.15. The summed E-state index contributed by atoms with van der Waals surface area (Å²) in [5.41, 5.74) is 1.58. The number of nitrogens with zero attached hydrogens (tertiary/aromatic N) is 4. The van der Waals surface area contributed by atoms with Crippen LogP contribution in [0, 0.1) is 6.92 Å². The summed E-state index contributed by atoms with van der Waals surface area (Å²) >= 11 is 0. The second kappa shape index (κ2) is 5.16. The Morgan fingerprint density at radius 3 is 2.83 bits per heavy atom. The summed E-state index contributed by atoms with van der Waals surface area (Å²) in [5, 5.41) is 4.09. The van der Waals surface area contributed by atoms with Gasteiger partial charge in [-0.25, -0.2) is 4.98 Å². The van der Waals surface area contributed by atoms with Crippen molar-refractivity contribution in [2.45, 2.75) is 33.2 Å². The number of hydrogen-bond donors (Lipinski definition) is 0. The van der Waals surface area contributed by atoms with Gasteiger partial charge in [0.25, 0.3) is 0 Å². The minimum atomic E-state index is 0.0733. The van der Waals surface area contributed by atoms with Crippen molar-refractivity contribution in [1.82, 2.24) is 19.3 Å². The van der Waals surface area contributed by atoms with Gasteiger partial charge in [-0.05, 0) is 13.3 Å². The topological polar surface area (TPSA) is 52.7 Å². The Labute approximate surface area is 106 Å². The summed E-state index contributed by atoms with van der Waals surface area (Å²) < 4.78 is 3.75. The molecule has 5 nitrogen and oxygen atoms in total. The molecule has 2 aromatic heterocycles. The number of carbonyl (C=O) groups excluding carboxylic acids is 1. The van der Waals surface area contributed by atoms with Gasteiger partial charge in [0.1, 0.15) is 5.82 Å². The lowest BCUT2D eigenvalue weighted by atomic mass is 10.1. The van der Waals surface area contributed by atoms with Crippen LogP contribution in [-0.4, -0.2) is 25.1 Å². The molecule has 0 saturated heterocycles. The van der Waals surface area contributed by atoms with Gasteiger partial charge in [0.05, 0.1) is 18.2 Å². The Bertz CT molecular complexity index is 553. The first-order valence-electron chi connectivity index (χ1n) is 6.15. The Kier molecular flexibility index (Phi) is 3.60. The molecule has 96 valence electrons. The zero-order chi connectivity index (χ0) is 13.1. The lowest BCUT2D eigenvalue weighted by molar-refractivity contribution is 0.0989. The number of ketones is 1. The lowest BCUT2D eigenvalue weighted by Gasteiger charge is -2.05. The third kappa shape index (κ3) is 2.34. The molecule has 0 aliphatic rings. The summed E-state index contributed by atoms with van der Waals surface area (Å²) in [7, 11) is 1.84. The molecule has 0 fully saturated rings. The number of imidazole rings is 1. The van der Waals surface area contributed by atoms with E-state index in [4.69, 9.17) is 0 Å². The lowest BCUT2D eigenvalue weighted by Crippen LogP contribution is -2.11. The van der Waals surface area contributed by atoms with Gasteiger partial charge in [0.15, 0.2) is 5.78 Å². The molecule has 0 amide bonds. The monoisotopic (exact) mass is 246 g/mol. The van der Waals surface area contributed by atoms with Crippen LogP contribution in [0.4, 0.5) is 0 Å². The number of Topliss-reactive ketones (excluding diaryl/α,β-unsaturated/α-hetero) is 1. The second-order valence-electron chi connectivity index (χ2n) is 4.40. The highest BCUT2D eigenvalue weighted by atomic mass is 16.1. The summed E-state index contributed by atoms with van der Waals surface area (Å²) in [6.45, 7) is 4.91. The molecular formula is C13H18N4O. The van der Waals surface area contributed by atoms with Gasteiger partial charge in [0.2, 0.25) is 0 Å². The van der Waals surface area contributed by atoms with Crippen LogP contribution in [0.5, 0.6) is 0 Å². The SMILES string of the molecule is CCCn1ccnc1CC(=O)c1cnn(C)c1C. The maximum Gasteiger partial charge on any atom is 0.173 e. The van der Waals surface area contributed by atoms with Crippen LogP contribution < -0.4 is 0 Å². The number of hydrogen-bond acceptors (Lipinski definition) is 3. The average Bonchev–Trinajstić information content (AvgIpc) is 2.89. The molecule has 18 heavy (non-hydrogen) atoms. The van der Waals surface area contributed by atoms with Crippen LogP contribution in [0.3, 0.4) is 0 Å². The van der Waals surface area contributed by atoms with E-state index >= 15 is 0 Å². The Hall–Kier alpha value is -1.91. The predicted molar refractivity (Wildman–Crippen MR) is 68.5 cm³/mol.